The fraction of sp³-hybridized carbons (Fsp3) is 0.533. The molecule has 3 nitrogen and oxygen atoms in total. The van der Waals surface area contributed by atoms with Crippen molar-refractivity contribution in [1.29, 1.82) is 0 Å². The second-order valence-electron chi connectivity index (χ2n) is 4.96. The zero-order chi connectivity index (χ0) is 12.4. The molecular weight excluding hydrogens is 224 g/mol. The van der Waals surface area contributed by atoms with E-state index in [0.717, 1.165) is 19.1 Å². The van der Waals surface area contributed by atoms with E-state index in [4.69, 9.17) is 4.74 Å². The number of fused-ring (bicyclic) bond motifs is 1. The van der Waals surface area contributed by atoms with Crippen LogP contribution in [0.3, 0.4) is 0 Å². The molecule has 2 aliphatic rings. The first-order valence-corrected chi connectivity index (χ1v) is 6.93. The Hall–Kier alpha value is -1.51. The van der Waals surface area contributed by atoms with Gasteiger partial charge in [-0.25, -0.2) is 4.99 Å². The number of amidine groups is 1. The third-order valence-electron chi connectivity index (χ3n) is 3.80. The molecule has 3 heteroatoms. The lowest BCUT2D eigenvalue weighted by molar-refractivity contribution is 0.168. The van der Waals surface area contributed by atoms with Crippen LogP contribution in [0.25, 0.3) is 0 Å². The molecular formula is C15H20N2O. The second-order valence-corrected chi connectivity index (χ2v) is 4.96. The molecule has 2 atom stereocenters. The second kappa shape index (κ2) is 5.01. The predicted molar refractivity (Wildman–Crippen MR) is 72.6 cm³/mol. The van der Waals surface area contributed by atoms with Gasteiger partial charge in [-0.2, -0.15) is 0 Å². The first kappa shape index (κ1) is 11.6. The lowest BCUT2D eigenvalue weighted by Gasteiger charge is -2.30. The van der Waals surface area contributed by atoms with Crippen LogP contribution in [0, 0.1) is 0 Å². The first-order valence-electron chi connectivity index (χ1n) is 6.93. The van der Waals surface area contributed by atoms with E-state index in [-0.39, 0.29) is 6.10 Å². The Labute approximate surface area is 108 Å². The molecule has 0 aliphatic carbocycles. The van der Waals surface area contributed by atoms with E-state index in [1.165, 1.54) is 24.8 Å². The van der Waals surface area contributed by atoms with Gasteiger partial charge in [-0.05, 0) is 31.7 Å². The molecule has 0 bridgehead atoms. The molecule has 0 saturated carbocycles. The number of hydrogen-bond acceptors (Lipinski definition) is 2. The smallest absolute Gasteiger partial charge is 0.288 e. The van der Waals surface area contributed by atoms with Crippen LogP contribution < -0.4 is 0 Å². The minimum atomic E-state index is 0.164. The van der Waals surface area contributed by atoms with Crippen molar-refractivity contribution in [3.8, 4) is 0 Å². The van der Waals surface area contributed by atoms with Gasteiger partial charge in [0.05, 0.1) is 6.04 Å². The quantitative estimate of drug-likeness (QED) is 0.799. The average Bonchev–Trinajstić information content (AvgIpc) is 2.80. The molecule has 0 spiro atoms. The number of ether oxygens (including phenoxy) is 1. The highest BCUT2D eigenvalue weighted by atomic mass is 16.5. The summed E-state index contributed by atoms with van der Waals surface area (Å²) in [6, 6.07) is 11.9. The summed E-state index contributed by atoms with van der Waals surface area (Å²) in [6.45, 7) is 3.94. The molecule has 1 aromatic carbocycles. The van der Waals surface area contributed by atoms with E-state index in [1.807, 2.05) is 0 Å². The third-order valence-corrected chi connectivity index (χ3v) is 3.80. The highest BCUT2D eigenvalue weighted by Gasteiger charge is 2.41. The number of hydrogen-bond donors (Lipinski definition) is 0. The van der Waals surface area contributed by atoms with E-state index in [1.54, 1.807) is 0 Å². The average molecular weight is 244 g/mol. The summed E-state index contributed by atoms with van der Waals surface area (Å²) in [4.78, 5) is 6.87. The van der Waals surface area contributed by atoms with Crippen molar-refractivity contribution < 1.29 is 4.74 Å². The highest BCUT2D eigenvalue weighted by molar-refractivity contribution is 5.77. The fourth-order valence-corrected chi connectivity index (χ4v) is 2.97. The molecule has 2 aliphatic heterocycles. The molecule has 96 valence electrons. The van der Waals surface area contributed by atoms with Crippen molar-refractivity contribution in [2.45, 2.75) is 38.3 Å². The van der Waals surface area contributed by atoms with Crippen LogP contribution in [-0.4, -0.2) is 30.1 Å². The summed E-state index contributed by atoms with van der Waals surface area (Å²) in [7, 11) is 0. The van der Waals surface area contributed by atoms with Gasteiger partial charge in [-0.3, -0.25) is 0 Å². The third kappa shape index (κ3) is 1.98. The van der Waals surface area contributed by atoms with Gasteiger partial charge in [0, 0.05) is 13.1 Å². The molecule has 0 amide bonds. The largest absolute Gasteiger partial charge is 0.455 e. The maximum atomic E-state index is 6.11. The van der Waals surface area contributed by atoms with Gasteiger partial charge in [-0.1, -0.05) is 30.3 Å². The Kier molecular flexibility index (Phi) is 3.22. The lowest BCUT2D eigenvalue weighted by atomic mass is 9.94. The van der Waals surface area contributed by atoms with Crippen molar-refractivity contribution in [2.75, 3.05) is 13.1 Å². The van der Waals surface area contributed by atoms with E-state index >= 15 is 0 Å². The molecule has 18 heavy (non-hydrogen) atoms. The van der Waals surface area contributed by atoms with Gasteiger partial charge in [0.15, 0.2) is 0 Å². The summed E-state index contributed by atoms with van der Waals surface area (Å²) in [5.74, 6) is 0. The van der Waals surface area contributed by atoms with Gasteiger partial charge < -0.3 is 9.64 Å². The van der Waals surface area contributed by atoms with Crippen LogP contribution in [0.2, 0.25) is 0 Å². The molecule has 2 fully saturated rings. The number of nitrogens with zero attached hydrogens (tertiary/aromatic N) is 2. The minimum absolute atomic E-state index is 0.164. The van der Waals surface area contributed by atoms with Crippen molar-refractivity contribution in [2.24, 2.45) is 4.99 Å². The van der Waals surface area contributed by atoms with Crippen molar-refractivity contribution in [3.05, 3.63) is 35.9 Å². The topological polar surface area (TPSA) is 24.8 Å². The zero-order valence-corrected chi connectivity index (χ0v) is 10.9. The monoisotopic (exact) mass is 244 g/mol. The minimum Gasteiger partial charge on any atom is -0.455 e. The predicted octanol–water partition coefficient (Wildman–Crippen LogP) is 2.99. The lowest BCUT2D eigenvalue weighted by Crippen LogP contribution is -2.39. The molecule has 1 aromatic rings. The van der Waals surface area contributed by atoms with Crippen molar-refractivity contribution >= 4 is 6.02 Å². The first-order chi connectivity index (χ1) is 8.90. The van der Waals surface area contributed by atoms with Crippen molar-refractivity contribution in [3.63, 3.8) is 0 Å². The maximum absolute atomic E-state index is 6.11. The number of benzene rings is 1. The Bertz CT molecular complexity index is 429. The van der Waals surface area contributed by atoms with Crippen molar-refractivity contribution in [1.82, 2.24) is 4.90 Å². The summed E-state index contributed by atoms with van der Waals surface area (Å²) in [5.41, 5.74) is 1.27. The standard InChI is InChI=1S/C15H20N2O/c1-2-16-15-17-11-7-6-10-13(17)14(18-15)12-8-4-3-5-9-12/h3-5,8-9,13-14H,2,6-7,10-11H2,1H3/t13-,14+/m1/s1. The highest BCUT2D eigenvalue weighted by Crippen LogP contribution is 2.37. The van der Waals surface area contributed by atoms with Crippen LogP contribution in [0.4, 0.5) is 0 Å². The van der Waals surface area contributed by atoms with Crippen LogP contribution in [0.5, 0.6) is 0 Å². The summed E-state index contributed by atoms with van der Waals surface area (Å²) < 4.78 is 6.11. The van der Waals surface area contributed by atoms with Gasteiger partial charge in [-0.15, -0.1) is 0 Å². The van der Waals surface area contributed by atoms with E-state index in [2.05, 4.69) is 47.1 Å². The van der Waals surface area contributed by atoms with Crippen LogP contribution >= 0.6 is 0 Å². The Morgan fingerprint density at radius 1 is 1.28 bits per heavy atom. The molecule has 0 aromatic heterocycles. The molecule has 0 radical (unpaired) electrons. The van der Waals surface area contributed by atoms with Crippen LogP contribution in [-0.2, 0) is 4.74 Å². The Morgan fingerprint density at radius 2 is 2.11 bits per heavy atom. The Morgan fingerprint density at radius 3 is 2.89 bits per heavy atom. The van der Waals surface area contributed by atoms with Gasteiger partial charge in [0.1, 0.15) is 6.10 Å². The SMILES string of the molecule is CCN=C1O[C@@H](c2ccccc2)[C@H]2CCCCN12. The fourth-order valence-electron chi connectivity index (χ4n) is 2.97. The number of piperidine rings is 1. The molecule has 0 N–H and O–H groups in total. The van der Waals surface area contributed by atoms with Crippen LogP contribution in [0.1, 0.15) is 37.9 Å². The molecule has 3 rings (SSSR count). The van der Waals surface area contributed by atoms with Gasteiger partial charge in [0.2, 0.25) is 0 Å². The number of aliphatic imine (C=N–C) groups is 1. The molecule has 2 saturated heterocycles. The summed E-state index contributed by atoms with van der Waals surface area (Å²) in [5, 5.41) is 0. The maximum Gasteiger partial charge on any atom is 0.288 e. The summed E-state index contributed by atoms with van der Waals surface area (Å²) >= 11 is 0. The van der Waals surface area contributed by atoms with E-state index < -0.39 is 0 Å². The summed E-state index contributed by atoms with van der Waals surface area (Å²) in [6.07, 6.45) is 3.93. The van der Waals surface area contributed by atoms with Crippen LogP contribution in [0.15, 0.2) is 35.3 Å². The normalized spacial score (nSPS) is 29.2. The molecule has 0 unspecified atom stereocenters. The van der Waals surface area contributed by atoms with E-state index in [0.29, 0.717) is 6.04 Å². The van der Waals surface area contributed by atoms with Gasteiger partial charge >= 0.3 is 0 Å². The van der Waals surface area contributed by atoms with E-state index in [9.17, 15) is 0 Å². The Balaban J connectivity index is 1.89. The zero-order valence-electron chi connectivity index (χ0n) is 10.9. The number of rotatable bonds is 2. The van der Waals surface area contributed by atoms with Gasteiger partial charge in [0.25, 0.3) is 6.02 Å². The molecule has 2 heterocycles.